The first-order valence-corrected chi connectivity index (χ1v) is 9.28. The fourth-order valence-corrected chi connectivity index (χ4v) is 2.92. The van der Waals surface area contributed by atoms with Crippen molar-refractivity contribution in [3.8, 4) is 0 Å². The second kappa shape index (κ2) is 7.64. The van der Waals surface area contributed by atoms with Crippen LogP contribution in [0.1, 0.15) is 25.7 Å². The molecule has 0 atom stereocenters. The first-order valence-electron chi connectivity index (χ1n) is 9.28. The molecular formula is C21H20N4O3. The number of rotatable bonds is 5. The Balaban J connectivity index is 1.42. The molecule has 0 spiro atoms. The summed E-state index contributed by atoms with van der Waals surface area (Å²) in [5.74, 6) is -0.306. The zero-order chi connectivity index (χ0) is 19.5. The number of hydrogen-bond acceptors (Lipinski definition) is 4. The lowest BCUT2D eigenvalue weighted by atomic mass is 10.1. The molecule has 1 heterocycles. The van der Waals surface area contributed by atoms with Gasteiger partial charge in [-0.3, -0.25) is 14.4 Å². The molecule has 2 aromatic carbocycles. The third-order valence-corrected chi connectivity index (χ3v) is 4.65. The summed E-state index contributed by atoms with van der Waals surface area (Å²) in [5, 5.41) is 11.2. The van der Waals surface area contributed by atoms with Gasteiger partial charge in [0.05, 0.1) is 5.69 Å². The van der Waals surface area contributed by atoms with Gasteiger partial charge in [-0.1, -0.05) is 18.2 Å². The van der Waals surface area contributed by atoms with Crippen molar-refractivity contribution in [2.45, 2.75) is 25.7 Å². The molecule has 142 valence electrons. The van der Waals surface area contributed by atoms with E-state index in [1.165, 1.54) is 5.01 Å². The van der Waals surface area contributed by atoms with Crippen LogP contribution in [0.2, 0.25) is 0 Å². The summed E-state index contributed by atoms with van der Waals surface area (Å²) in [6, 6.07) is 16.0. The summed E-state index contributed by atoms with van der Waals surface area (Å²) >= 11 is 0. The van der Waals surface area contributed by atoms with Crippen LogP contribution in [0.25, 0.3) is 0 Å². The maximum absolute atomic E-state index is 12.6. The van der Waals surface area contributed by atoms with Gasteiger partial charge in [-0.2, -0.15) is 5.10 Å². The second-order valence-electron chi connectivity index (χ2n) is 6.88. The molecule has 3 amide bonds. The Labute approximate surface area is 162 Å². The molecule has 1 saturated carbocycles. The lowest BCUT2D eigenvalue weighted by molar-refractivity contribution is -0.119. The molecule has 0 bridgehead atoms. The highest BCUT2D eigenvalue weighted by Gasteiger charge is 2.29. The van der Waals surface area contributed by atoms with Gasteiger partial charge in [-0.05, 0) is 49.2 Å². The number of hydrogen-bond donors (Lipinski definition) is 2. The van der Waals surface area contributed by atoms with Crippen molar-refractivity contribution in [1.29, 1.82) is 0 Å². The van der Waals surface area contributed by atoms with Crippen molar-refractivity contribution < 1.29 is 14.4 Å². The van der Waals surface area contributed by atoms with Gasteiger partial charge in [0.1, 0.15) is 5.71 Å². The van der Waals surface area contributed by atoms with Crippen LogP contribution in [0, 0.1) is 5.92 Å². The molecule has 28 heavy (non-hydrogen) atoms. The fraction of sp³-hybridized carbons (Fsp3) is 0.238. The van der Waals surface area contributed by atoms with Crippen LogP contribution < -0.4 is 15.6 Å². The highest BCUT2D eigenvalue weighted by Crippen LogP contribution is 2.30. The average Bonchev–Trinajstić information content (AvgIpc) is 3.56. The molecule has 0 saturated heterocycles. The number of carbonyl (C=O) groups is 3. The Morgan fingerprint density at radius 1 is 0.893 bits per heavy atom. The smallest absolute Gasteiger partial charge is 0.271 e. The summed E-state index contributed by atoms with van der Waals surface area (Å²) in [5.41, 5.74) is 2.23. The molecule has 0 unspecified atom stereocenters. The first-order chi connectivity index (χ1) is 13.6. The molecule has 7 heteroatoms. The Kier molecular flexibility index (Phi) is 4.89. The van der Waals surface area contributed by atoms with Gasteiger partial charge in [-0.15, -0.1) is 0 Å². The van der Waals surface area contributed by atoms with E-state index < -0.39 is 0 Å². The fourth-order valence-electron chi connectivity index (χ4n) is 2.92. The number of benzene rings is 2. The molecule has 2 aliphatic rings. The van der Waals surface area contributed by atoms with Crippen LogP contribution in [0.15, 0.2) is 59.7 Å². The van der Waals surface area contributed by atoms with Gasteiger partial charge in [0, 0.05) is 30.1 Å². The standard InChI is InChI=1S/C21H20N4O3/c26-19-13-12-18(24-25(19)17-4-2-1-3-5-17)21(28)23-16-10-8-15(9-11-16)22-20(27)14-6-7-14/h1-5,8-11,14H,6-7,12-13H2,(H,22,27)(H,23,28). The van der Waals surface area contributed by atoms with Crippen molar-refractivity contribution >= 4 is 40.5 Å². The molecule has 0 aromatic heterocycles. The quantitative estimate of drug-likeness (QED) is 0.840. The van der Waals surface area contributed by atoms with E-state index in [4.69, 9.17) is 0 Å². The van der Waals surface area contributed by atoms with Crippen LogP contribution in [0.4, 0.5) is 17.1 Å². The van der Waals surface area contributed by atoms with E-state index in [0.29, 0.717) is 29.2 Å². The van der Waals surface area contributed by atoms with Crippen LogP contribution >= 0.6 is 0 Å². The minimum atomic E-state index is -0.344. The van der Waals surface area contributed by atoms with Gasteiger partial charge in [-0.25, -0.2) is 5.01 Å². The number of hydrazone groups is 1. The molecule has 0 radical (unpaired) electrons. The number of carbonyl (C=O) groups excluding carboxylic acids is 3. The maximum atomic E-state index is 12.6. The van der Waals surface area contributed by atoms with Crippen LogP contribution in [0.5, 0.6) is 0 Å². The minimum absolute atomic E-state index is 0.0408. The van der Waals surface area contributed by atoms with Crippen molar-refractivity contribution in [1.82, 2.24) is 0 Å². The second-order valence-corrected chi connectivity index (χ2v) is 6.88. The molecule has 1 fully saturated rings. The Morgan fingerprint density at radius 3 is 2.18 bits per heavy atom. The lowest BCUT2D eigenvalue weighted by Crippen LogP contribution is -2.36. The van der Waals surface area contributed by atoms with E-state index in [-0.39, 0.29) is 30.1 Å². The van der Waals surface area contributed by atoms with E-state index in [0.717, 1.165) is 12.8 Å². The van der Waals surface area contributed by atoms with Crippen LogP contribution in [-0.2, 0) is 14.4 Å². The van der Waals surface area contributed by atoms with Crippen molar-refractivity contribution in [3.05, 3.63) is 54.6 Å². The number of amides is 3. The van der Waals surface area contributed by atoms with Gasteiger partial charge < -0.3 is 10.6 Å². The van der Waals surface area contributed by atoms with Gasteiger partial charge >= 0.3 is 0 Å². The van der Waals surface area contributed by atoms with Crippen LogP contribution in [-0.4, -0.2) is 23.4 Å². The number of nitrogens with one attached hydrogen (secondary N) is 2. The summed E-state index contributed by atoms with van der Waals surface area (Å²) < 4.78 is 0. The largest absolute Gasteiger partial charge is 0.326 e. The normalized spacial score (nSPS) is 16.4. The SMILES string of the molecule is O=C(Nc1ccc(NC(=O)C2CC2)cc1)C1=NN(c2ccccc2)C(=O)CC1. The predicted molar refractivity (Wildman–Crippen MR) is 107 cm³/mol. The number of anilines is 3. The molecule has 4 rings (SSSR count). The topological polar surface area (TPSA) is 90.9 Å². The lowest BCUT2D eigenvalue weighted by Gasteiger charge is -2.23. The summed E-state index contributed by atoms with van der Waals surface area (Å²) in [4.78, 5) is 36.5. The van der Waals surface area contributed by atoms with Gasteiger partial charge in [0.25, 0.3) is 5.91 Å². The zero-order valence-electron chi connectivity index (χ0n) is 15.2. The Bertz CT molecular complexity index is 934. The van der Waals surface area contributed by atoms with Crippen molar-refractivity contribution in [2.75, 3.05) is 15.6 Å². The molecule has 1 aliphatic heterocycles. The van der Waals surface area contributed by atoms with E-state index in [1.807, 2.05) is 18.2 Å². The van der Waals surface area contributed by atoms with E-state index in [9.17, 15) is 14.4 Å². The first kappa shape index (κ1) is 17.9. The highest BCUT2D eigenvalue weighted by molar-refractivity contribution is 6.44. The number of nitrogens with zero attached hydrogens (tertiary/aromatic N) is 2. The monoisotopic (exact) mass is 376 g/mol. The van der Waals surface area contributed by atoms with E-state index in [1.54, 1.807) is 36.4 Å². The molecule has 2 aromatic rings. The number of para-hydroxylation sites is 1. The molecule has 2 N–H and O–H groups in total. The third kappa shape index (κ3) is 4.09. The molecule has 7 nitrogen and oxygen atoms in total. The van der Waals surface area contributed by atoms with E-state index >= 15 is 0 Å². The van der Waals surface area contributed by atoms with Crippen molar-refractivity contribution in [3.63, 3.8) is 0 Å². The average molecular weight is 376 g/mol. The summed E-state index contributed by atoms with van der Waals surface area (Å²) in [6.45, 7) is 0. The van der Waals surface area contributed by atoms with Gasteiger partial charge in [0.2, 0.25) is 11.8 Å². The highest BCUT2D eigenvalue weighted by atomic mass is 16.2. The van der Waals surface area contributed by atoms with Crippen molar-refractivity contribution in [2.24, 2.45) is 11.0 Å². The summed E-state index contributed by atoms with van der Waals surface area (Å²) in [6.07, 6.45) is 2.42. The molecular weight excluding hydrogens is 356 g/mol. The molecule has 1 aliphatic carbocycles. The third-order valence-electron chi connectivity index (χ3n) is 4.65. The minimum Gasteiger partial charge on any atom is -0.326 e. The summed E-state index contributed by atoms with van der Waals surface area (Å²) in [7, 11) is 0. The zero-order valence-corrected chi connectivity index (χ0v) is 15.2. The van der Waals surface area contributed by atoms with Gasteiger partial charge in [0.15, 0.2) is 0 Å². The Morgan fingerprint density at radius 2 is 1.54 bits per heavy atom. The van der Waals surface area contributed by atoms with Crippen LogP contribution in [0.3, 0.4) is 0 Å². The maximum Gasteiger partial charge on any atom is 0.271 e. The predicted octanol–water partition coefficient (Wildman–Crippen LogP) is 3.16. The van der Waals surface area contributed by atoms with E-state index in [2.05, 4.69) is 15.7 Å². The Hall–Kier alpha value is -3.48.